The Kier molecular flexibility index (Phi) is 4.79. The molecule has 2 aliphatic heterocycles. The van der Waals surface area contributed by atoms with Crippen molar-refractivity contribution in [3.63, 3.8) is 0 Å². The zero-order valence-electron chi connectivity index (χ0n) is 13.8. The molecule has 4 nitrogen and oxygen atoms in total. The van der Waals surface area contributed by atoms with E-state index < -0.39 is 5.97 Å². The van der Waals surface area contributed by atoms with Gasteiger partial charge in [0.2, 0.25) is 0 Å². The Bertz CT molecular complexity index is 410. The third kappa shape index (κ3) is 2.92. The third-order valence-corrected chi connectivity index (χ3v) is 5.84. The monoisotopic (exact) mass is 310 g/mol. The van der Waals surface area contributed by atoms with Gasteiger partial charge in [-0.3, -0.25) is 4.79 Å². The number of aliphatic carboxylic acids is 1. The Labute approximate surface area is 133 Å². The maximum Gasteiger partial charge on any atom is 0.303 e. The lowest BCUT2D eigenvalue weighted by molar-refractivity contribution is -0.137. The fraction of sp³-hybridized carbons (Fsp3) is 0.944. The van der Waals surface area contributed by atoms with Crippen LogP contribution in [0.25, 0.3) is 0 Å². The highest BCUT2D eigenvalue weighted by molar-refractivity contribution is 5.66. The van der Waals surface area contributed by atoms with E-state index in [0.29, 0.717) is 18.6 Å². The number of fused-ring (bicyclic) bond motifs is 2. The molecule has 126 valence electrons. The summed E-state index contributed by atoms with van der Waals surface area (Å²) in [6.07, 6.45) is 14.0. The molecule has 0 aromatic carbocycles. The van der Waals surface area contributed by atoms with Crippen molar-refractivity contribution in [2.24, 2.45) is 0 Å². The molecule has 1 spiro atoms. The zero-order chi connectivity index (χ0) is 15.6. The summed E-state index contributed by atoms with van der Waals surface area (Å²) in [5, 5.41) is 8.59. The number of carboxylic acid groups (broad SMARTS) is 1. The molecule has 0 amide bonds. The van der Waals surface area contributed by atoms with Gasteiger partial charge in [-0.05, 0) is 19.3 Å². The van der Waals surface area contributed by atoms with Crippen molar-refractivity contribution >= 4 is 5.97 Å². The number of carboxylic acids is 1. The molecule has 0 radical (unpaired) electrons. The maximum atomic E-state index is 10.4. The summed E-state index contributed by atoms with van der Waals surface area (Å²) in [7, 11) is 0. The molecule has 0 bridgehead atoms. The van der Waals surface area contributed by atoms with E-state index in [4.69, 9.17) is 14.6 Å². The van der Waals surface area contributed by atoms with Gasteiger partial charge in [-0.1, -0.05) is 51.9 Å². The van der Waals surface area contributed by atoms with Crippen LogP contribution in [0.3, 0.4) is 0 Å². The van der Waals surface area contributed by atoms with Gasteiger partial charge in [0.15, 0.2) is 0 Å². The average Bonchev–Trinajstić information content (AvgIpc) is 3.33. The first kappa shape index (κ1) is 16.3. The number of ether oxygens (including phenoxy) is 2. The van der Waals surface area contributed by atoms with E-state index in [1.165, 1.54) is 38.5 Å². The minimum absolute atomic E-state index is 0.106. The van der Waals surface area contributed by atoms with Gasteiger partial charge < -0.3 is 14.6 Å². The van der Waals surface area contributed by atoms with E-state index in [-0.39, 0.29) is 11.2 Å². The Balaban J connectivity index is 1.26. The summed E-state index contributed by atoms with van der Waals surface area (Å²) in [4.78, 5) is 10.4. The standard InChI is InChI=1S/C18H30O4/c1-2-3-9-12-17-15(22-17)13-18(17)14(21-18)10-7-5-4-6-8-11-16(19)20/h14-15H,2-13H2,1H3,(H,19,20). The number of hydrogen-bond donors (Lipinski definition) is 1. The predicted molar refractivity (Wildman–Crippen MR) is 83.9 cm³/mol. The van der Waals surface area contributed by atoms with Crippen molar-refractivity contribution in [2.45, 2.75) is 107 Å². The second-order valence-corrected chi connectivity index (χ2v) is 7.35. The van der Waals surface area contributed by atoms with Crippen LogP contribution in [-0.4, -0.2) is 34.5 Å². The van der Waals surface area contributed by atoms with Crippen LogP contribution in [0, 0.1) is 0 Å². The second kappa shape index (κ2) is 6.48. The highest BCUT2D eigenvalue weighted by Crippen LogP contribution is 2.73. The van der Waals surface area contributed by atoms with E-state index in [0.717, 1.165) is 32.1 Å². The summed E-state index contributed by atoms with van der Waals surface area (Å²) < 4.78 is 12.1. The number of epoxide rings is 2. The number of carbonyl (C=O) groups is 1. The van der Waals surface area contributed by atoms with Crippen molar-refractivity contribution in [3.05, 3.63) is 0 Å². The molecule has 0 aromatic heterocycles. The van der Waals surface area contributed by atoms with E-state index in [1.54, 1.807) is 0 Å². The van der Waals surface area contributed by atoms with Gasteiger partial charge in [0.25, 0.3) is 0 Å². The van der Waals surface area contributed by atoms with Crippen molar-refractivity contribution in [1.29, 1.82) is 0 Å². The molecule has 1 N–H and O–H groups in total. The fourth-order valence-corrected chi connectivity index (χ4v) is 4.38. The molecule has 2 heterocycles. The predicted octanol–water partition coefficient (Wildman–Crippen LogP) is 4.06. The molecule has 3 fully saturated rings. The zero-order valence-corrected chi connectivity index (χ0v) is 13.8. The summed E-state index contributed by atoms with van der Waals surface area (Å²) >= 11 is 0. The summed E-state index contributed by atoms with van der Waals surface area (Å²) in [6.45, 7) is 2.24. The maximum absolute atomic E-state index is 10.4. The Morgan fingerprint density at radius 1 is 1.09 bits per heavy atom. The lowest BCUT2D eigenvalue weighted by Crippen LogP contribution is -2.48. The molecule has 0 aromatic rings. The minimum Gasteiger partial charge on any atom is -0.481 e. The first-order valence-electron chi connectivity index (χ1n) is 9.22. The molecule has 4 heteroatoms. The van der Waals surface area contributed by atoms with Gasteiger partial charge in [-0.15, -0.1) is 0 Å². The van der Waals surface area contributed by atoms with E-state index in [1.807, 2.05) is 0 Å². The van der Waals surface area contributed by atoms with Crippen LogP contribution in [0.4, 0.5) is 0 Å². The Morgan fingerprint density at radius 2 is 1.86 bits per heavy atom. The molecule has 3 rings (SSSR count). The van der Waals surface area contributed by atoms with E-state index in [2.05, 4.69) is 6.92 Å². The van der Waals surface area contributed by atoms with Gasteiger partial charge in [0.05, 0.1) is 12.2 Å². The molecule has 1 aliphatic carbocycles. The van der Waals surface area contributed by atoms with Crippen LogP contribution in [0.2, 0.25) is 0 Å². The van der Waals surface area contributed by atoms with Crippen LogP contribution in [0.15, 0.2) is 0 Å². The molecule has 4 unspecified atom stereocenters. The Hall–Kier alpha value is -0.610. The third-order valence-electron chi connectivity index (χ3n) is 5.84. The van der Waals surface area contributed by atoms with Gasteiger partial charge in [0.1, 0.15) is 11.2 Å². The van der Waals surface area contributed by atoms with E-state index in [9.17, 15) is 4.79 Å². The smallest absolute Gasteiger partial charge is 0.303 e. The molecule has 22 heavy (non-hydrogen) atoms. The van der Waals surface area contributed by atoms with E-state index >= 15 is 0 Å². The average molecular weight is 310 g/mol. The lowest BCUT2D eigenvalue weighted by Gasteiger charge is -2.29. The van der Waals surface area contributed by atoms with Crippen LogP contribution in [-0.2, 0) is 14.3 Å². The number of rotatable bonds is 12. The van der Waals surface area contributed by atoms with Crippen LogP contribution < -0.4 is 0 Å². The second-order valence-electron chi connectivity index (χ2n) is 7.35. The van der Waals surface area contributed by atoms with Crippen molar-refractivity contribution in [1.82, 2.24) is 0 Å². The number of hydrogen-bond acceptors (Lipinski definition) is 3. The fourth-order valence-electron chi connectivity index (χ4n) is 4.38. The molecule has 1 saturated carbocycles. The normalized spacial score (nSPS) is 37.7. The van der Waals surface area contributed by atoms with Gasteiger partial charge in [-0.2, -0.15) is 0 Å². The van der Waals surface area contributed by atoms with Crippen LogP contribution in [0.1, 0.15) is 84.0 Å². The lowest BCUT2D eigenvalue weighted by atomic mass is 9.68. The summed E-state index contributed by atoms with van der Waals surface area (Å²) in [5.74, 6) is -0.675. The molecular formula is C18H30O4. The van der Waals surface area contributed by atoms with Crippen molar-refractivity contribution < 1.29 is 19.4 Å². The van der Waals surface area contributed by atoms with Crippen LogP contribution in [0.5, 0.6) is 0 Å². The largest absolute Gasteiger partial charge is 0.481 e. The molecule has 4 atom stereocenters. The first-order chi connectivity index (χ1) is 10.6. The van der Waals surface area contributed by atoms with Crippen molar-refractivity contribution in [3.8, 4) is 0 Å². The van der Waals surface area contributed by atoms with Gasteiger partial charge >= 0.3 is 5.97 Å². The van der Waals surface area contributed by atoms with Gasteiger partial charge in [0, 0.05) is 12.8 Å². The molecular weight excluding hydrogens is 280 g/mol. The SMILES string of the molecule is CCCCCC12OC1CC21OC1CCCCCCCC(=O)O. The van der Waals surface area contributed by atoms with Crippen molar-refractivity contribution in [2.75, 3.05) is 0 Å². The molecule has 3 aliphatic rings. The highest BCUT2D eigenvalue weighted by atomic mass is 16.7. The summed E-state index contributed by atoms with van der Waals surface area (Å²) in [6, 6.07) is 0. The topological polar surface area (TPSA) is 62.4 Å². The first-order valence-corrected chi connectivity index (χ1v) is 9.22. The highest BCUT2D eigenvalue weighted by Gasteiger charge is 2.88. The Morgan fingerprint density at radius 3 is 2.55 bits per heavy atom. The number of unbranched alkanes of at least 4 members (excludes halogenated alkanes) is 6. The van der Waals surface area contributed by atoms with Crippen LogP contribution >= 0.6 is 0 Å². The minimum atomic E-state index is -0.675. The quantitative estimate of drug-likeness (QED) is 0.436. The van der Waals surface area contributed by atoms with Gasteiger partial charge in [-0.25, -0.2) is 0 Å². The molecule has 2 saturated heterocycles. The summed E-state index contributed by atoms with van der Waals surface area (Å²) in [5.41, 5.74) is 0.225.